The molecule has 0 radical (unpaired) electrons. The highest BCUT2D eigenvalue weighted by Gasteiger charge is 2.34. The van der Waals surface area contributed by atoms with Crippen LogP contribution in [0.4, 0.5) is 0 Å². The van der Waals surface area contributed by atoms with Crippen LogP contribution in [0.25, 0.3) is 0 Å². The van der Waals surface area contributed by atoms with Crippen molar-refractivity contribution in [3.8, 4) is 0 Å². The lowest BCUT2D eigenvalue weighted by molar-refractivity contribution is -0.163. The minimum absolute atomic E-state index is 0.290. The number of aliphatic hydroxyl groups excluding tert-OH is 2. The summed E-state index contributed by atoms with van der Waals surface area (Å²) in [5.74, 6) is 0. The molecule has 0 spiro atoms. The summed E-state index contributed by atoms with van der Waals surface area (Å²) in [5.41, 5.74) is 0. The van der Waals surface area contributed by atoms with Gasteiger partial charge in [0.05, 0.1) is 13.2 Å². The summed E-state index contributed by atoms with van der Waals surface area (Å²) in [4.78, 5) is 0. The highest BCUT2D eigenvalue weighted by Crippen LogP contribution is 2.18. The normalized spacial score (nSPS) is 13.8. The van der Waals surface area contributed by atoms with E-state index in [1.54, 1.807) is 0 Å². The summed E-state index contributed by atoms with van der Waals surface area (Å²) < 4.78 is 25.1. The van der Waals surface area contributed by atoms with Crippen LogP contribution in [-0.4, -0.2) is 74.3 Å². The molecule has 0 aromatic heterocycles. The fraction of sp³-hybridized carbons (Fsp3) is 1.00. The molecule has 0 aromatic rings. The third-order valence-electron chi connectivity index (χ3n) is 13.6. The minimum Gasteiger partial charge on any atom is -0.388 e. The van der Waals surface area contributed by atoms with Crippen LogP contribution in [0.2, 0.25) is 0 Å². The van der Waals surface area contributed by atoms with Crippen LogP contribution in [0, 0.1) is 0 Å². The second kappa shape index (κ2) is 55.4. The molecule has 4 atom stereocenters. The Kier molecular flexibility index (Phi) is 55.1. The van der Waals surface area contributed by atoms with Gasteiger partial charge in [-0.2, -0.15) is 0 Å². The summed E-state index contributed by atoms with van der Waals surface area (Å²) >= 11 is 0. The maximum Gasteiger partial charge on any atom is 0.111 e. The van der Waals surface area contributed by atoms with Crippen LogP contribution in [0.5, 0.6) is 0 Å². The first-order valence-corrected chi connectivity index (χ1v) is 29.4. The van der Waals surface area contributed by atoms with E-state index in [9.17, 15) is 10.2 Å². The van der Waals surface area contributed by atoms with E-state index in [1.807, 2.05) is 0 Å². The van der Waals surface area contributed by atoms with Gasteiger partial charge in [0, 0.05) is 26.4 Å². The maximum absolute atomic E-state index is 11.7. The number of hydrogen-bond donors (Lipinski definition) is 2. The van der Waals surface area contributed by atoms with Crippen molar-refractivity contribution >= 4 is 0 Å². The molecule has 0 saturated carbocycles. The molecule has 0 amide bonds. The molecule has 0 rings (SSSR count). The molecule has 0 aliphatic rings. The van der Waals surface area contributed by atoms with Crippen molar-refractivity contribution in [2.75, 3.05) is 39.6 Å². The van der Waals surface area contributed by atoms with E-state index in [0.717, 1.165) is 38.5 Å². The lowest BCUT2D eigenvalue weighted by Crippen LogP contribution is -2.50. The lowest BCUT2D eigenvalue weighted by Gasteiger charge is -2.32. The highest BCUT2D eigenvalue weighted by atomic mass is 16.6. The fourth-order valence-corrected chi connectivity index (χ4v) is 9.07. The molecule has 0 bridgehead atoms. The monoisotopic (exact) mass is 911 g/mol. The topological polar surface area (TPSA) is 77.4 Å². The molecule has 0 aliphatic heterocycles. The third-order valence-corrected chi connectivity index (χ3v) is 13.6. The zero-order valence-corrected chi connectivity index (χ0v) is 44.2. The Bertz CT molecular complexity index is 761. The van der Waals surface area contributed by atoms with E-state index in [1.165, 1.54) is 244 Å². The molecule has 0 heterocycles. The lowest BCUT2D eigenvalue weighted by atomic mass is 10.0. The first-order valence-electron chi connectivity index (χ1n) is 29.4. The third kappa shape index (κ3) is 46.9. The van der Waals surface area contributed by atoms with Crippen LogP contribution in [0.3, 0.4) is 0 Å². The van der Waals surface area contributed by atoms with Crippen LogP contribution >= 0.6 is 0 Å². The largest absolute Gasteiger partial charge is 0.388 e. The average molecular weight is 912 g/mol. The Morgan fingerprint density at radius 2 is 0.406 bits per heavy atom. The molecule has 64 heavy (non-hydrogen) atoms. The van der Waals surface area contributed by atoms with Crippen molar-refractivity contribution in [2.45, 2.75) is 335 Å². The van der Waals surface area contributed by atoms with Crippen LogP contribution in [-0.2, 0) is 18.9 Å². The van der Waals surface area contributed by atoms with Crippen molar-refractivity contribution in [2.24, 2.45) is 0 Å². The smallest absolute Gasteiger partial charge is 0.111 e. The van der Waals surface area contributed by atoms with E-state index in [0.29, 0.717) is 26.4 Å². The van der Waals surface area contributed by atoms with Crippen molar-refractivity contribution in [3.05, 3.63) is 0 Å². The Morgan fingerprint density at radius 3 is 0.609 bits per heavy atom. The SMILES string of the molecule is CCCCCCCCCCCCCCCCO[C@H](COCCCCCCCCCC)[C@@H](O)[C@H](O)[C@@H](COCCCCCCCCCC)OCCCCCCCCCCCCCCCC. The van der Waals surface area contributed by atoms with Gasteiger partial charge in [-0.25, -0.2) is 0 Å². The molecule has 6 nitrogen and oxygen atoms in total. The average Bonchev–Trinajstić information content (AvgIpc) is 3.30. The van der Waals surface area contributed by atoms with Crippen LogP contribution in [0.15, 0.2) is 0 Å². The predicted octanol–water partition coefficient (Wildman–Crippen LogP) is 17.8. The molecule has 2 N–H and O–H groups in total. The molecule has 6 heteroatoms. The van der Waals surface area contributed by atoms with Gasteiger partial charge in [-0.05, 0) is 25.7 Å². The molecule has 0 aliphatic carbocycles. The molecule has 0 fully saturated rings. The van der Waals surface area contributed by atoms with Gasteiger partial charge in [-0.15, -0.1) is 0 Å². The fourth-order valence-electron chi connectivity index (χ4n) is 9.07. The van der Waals surface area contributed by atoms with E-state index < -0.39 is 24.4 Å². The first kappa shape index (κ1) is 63.8. The Hall–Kier alpha value is -0.240. The van der Waals surface area contributed by atoms with Gasteiger partial charge in [0.15, 0.2) is 0 Å². The molecular weight excluding hydrogens is 793 g/mol. The minimum atomic E-state index is -1.10. The van der Waals surface area contributed by atoms with E-state index in [4.69, 9.17) is 18.9 Å². The number of hydrogen-bond acceptors (Lipinski definition) is 6. The van der Waals surface area contributed by atoms with Gasteiger partial charge in [0.25, 0.3) is 0 Å². The Labute approximate surface area is 402 Å². The molecular formula is C58H118O6. The van der Waals surface area contributed by atoms with Crippen molar-refractivity contribution in [1.29, 1.82) is 0 Å². The predicted molar refractivity (Wildman–Crippen MR) is 279 cm³/mol. The Balaban J connectivity index is 4.96. The van der Waals surface area contributed by atoms with Gasteiger partial charge < -0.3 is 29.2 Å². The van der Waals surface area contributed by atoms with Crippen molar-refractivity contribution in [1.82, 2.24) is 0 Å². The standard InChI is InChI=1S/C58H118O6/c1-5-9-13-17-21-25-27-29-31-33-35-39-43-47-51-63-55(53-61-49-45-41-37-23-19-15-11-7-3)57(59)58(60)56(54-62-50-46-42-38-24-20-16-12-8-4)64-52-48-44-40-36-34-32-30-28-26-22-18-14-10-6-2/h55-60H,5-54H2,1-4H3/t55-,56-,57-,58-/m1/s1. The second-order valence-corrected chi connectivity index (χ2v) is 20.1. The summed E-state index contributed by atoms with van der Waals surface area (Å²) in [6.07, 6.45) is 53.7. The van der Waals surface area contributed by atoms with E-state index >= 15 is 0 Å². The zero-order valence-electron chi connectivity index (χ0n) is 44.2. The summed E-state index contributed by atoms with van der Waals surface area (Å²) in [6, 6.07) is 0. The maximum atomic E-state index is 11.7. The first-order chi connectivity index (χ1) is 31.6. The molecule has 0 unspecified atom stereocenters. The summed E-state index contributed by atoms with van der Waals surface area (Å²) in [7, 11) is 0. The van der Waals surface area contributed by atoms with Gasteiger partial charge in [-0.3, -0.25) is 0 Å². The number of ether oxygens (including phenoxy) is 4. The number of aliphatic hydroxyl groups is 2. The van der Waals surface area contributed by atoms with Gasteiger partial charge in [-0.1, -0.05) is 285 Å². The van der Waals surface area contributed by atoms with Crippen molar-refractivity contribution < 1.29 is 29.2 Å². The summed E-state index contributed by atoms with van der Waals surface area (Å²) in [6.45, 7) is 12.2. The van der Waals surface area contributed by atoms with Gasteiger partial charge in [0.1, 0.15) is 24.4 Å². The van der Waals surface area contributed by atoms with Crippen LogP contribution < -0.4 is 0 Å². The van der Waals surface area contributed by atoms with Crippen LogP contribution in [0.1, 0.15) is 310 Å². The quantitative estimate of drug-likeness (QED) is 0.0592. The number of unbranched alkanes of at least 4 members (excludes halogenated alkanes) is 40. The van der Waals surface area contributed by atoms with Crippen molar-refractivity contribution in [3.63, 3.8) is 0 Å². The Morgan fingerprint density at radius 1 is 0.234 bits per heavy atom. The second-order valence-electron chi connectivity index (χ2n) is 20.1. The highest BCUT2D eigenvalue weighted by molar-refractivity contribution is 4.83. The molecule has 386 valence electrons. The molecule has 0 aromatic carbocycles. The van der Waals surface area contributed by atoms with Gasteiger partial charge in [0.2, 0.25) is 0 Å². The van der Waals surface area contributed by atoms with Gasteiger partial charge >= 0.3 is 0 Å². The molecule has 0 saturated heterocycles. The summed E-state index contributed by atoms with van der Waals surface area (Å²) in [5, 5.41) is 23.4. The number of rotatable bonds is 57. The van der Waals surface area contributed by atoms with E-state index in [-0.39, 0.29) is 13.2 Å². The van der Waals surface area contributed by atoms with E-state index in [2.05, 4.69) is 27.7 Å². The zero-order chi connectivity index (χ0) is 46.5.